The largest absolute Gasteiger partial charge is 0.243 e. The summed E-state index contributed by atoms with van der Waals surface area (Å²) in [5.41, 5.74) is 2.79. The quantitative estimate of drug-likeness (QED) is 0.633. The van der Waals surface area contributed by atoms with Gasteiger partial charge >= 0.3 is 0 Å². The van der Waals surface area contributed by atoms with Gasteiger partial charge in [0.05, 0.1) is 13.6 Å². The Kier molecular flexibility index (Phi) is 4.15. The van der Waals surface area contributed by atoms with Crippen LogP contribution in [0, 0.1) is 0 Å². The number of rotatable bonds is 5. The molecule has 106 valence electrons. The minimum absolute atomic E-state index is 0.487. The van der Waals surface area contributed by atoms with Gasteiger partial charge in [0.25, 0.3) is 0 Å². The van der Waals surface area contributed by atoms with Crippen LogP contribution >= 0.6 is 0 Å². The summed E-state index contributed by atoms with van der Waals surface area (Å²) in [5, 5.41) is 0. The average Bonchev–Trinajstić information content (AvgIpc) is 2.94. The average molecular weight is 277 g/mol. The van der Waals surface area contributed by atoms with Crippen molar-refractivity contribution in [2.24, 2.45) is 7.05 Å². The van der Waals surface area contributed by atoms with Gasteiger partial charge in [-0.3, -0.25) is 0 Å². The van der Waals surface area contributed by atoms with Crippen molar-refractivity contribution in [2.45, 2.75) is 18.9 Å². The van der Waals surface area contributed by atoms with E-state index >= 15 is 0 Å². The van der Waals surface area contributed by atoms with Gasteiger partial charge in [0.1, 0.15) is 12.4 Å². The van der Waals surface area contributed by atoms with E-state index in [4.69, 9.17) is 0 Å². The Hall–Kier alpha value is -2.35. The first kappa shape index (κ1) is 13.6. The van der Waals surface area contributed by atoms with E-state index in [9.17, 15) is 0 Å². The fourth-order valence-electron chi connectivity index (χ4n) is 2.78. The SMILES string of the molecule is C[n+]1ccn(CC(Cc2ccccc2)c2ccccc2)c1. The highest BCUT2D eigenvalue weighted by Gasteiger charge is 2.16. The molecular formula is C19H21N2+. The standard InChI is InChI=1S/C19H21N2/c1-20-12-13-21(16-20)15-19(18-10-6-3-7-11-18)14-17-8-4-2-5-9-17/h2-13,16,19H,14-15H2,1H3/q+1. The number of hydrogen-bond donors (Lipinski definition) is 0. The molecule has 0 bridgehead atoms. The zero-order chi connectivity index (χ0) is 14.5. The van der Waals surface area contributed by atoms with Gasteiger partial charge in [0, 0.05) is 5.92 Å². The summed E-state index contributed by atoms with van der Waals surface area (Å²) in [6, 6.07) is 21.5. The van der Waals surface area contributed by atoms with Gasteiger partial charge in [-0.05, 0) is 17.5 Å². The van der Waals surface area contributed by atoms with Crippen LogP contribution in [-0.4, -0.2) is 4.57 Å². The lowest BCUT2D eigenvalue weighted by Gasteiger charge is -2.15. The van der Waals surface area contributed by atoms with Crippen molar-refractivity contribution in [3.63, 3.8) is 0 Å². The van der Waals surface area contributed by atoms with Gasteiger partial charge in [0.15, 0.2) is 0 Å². The molecular weight excluding hydrogens is 256 g/mol. The van der Waals surface area contributed by atoms with Gasteiger partial charge in [0.2, 0.25) is 6.33 Å². The number of aryl methyl sites for hydroxylation is 1. The lowest BCUT2D eigenvalue weighted by Crippen LogP contribution is -2.24. The second-order valence-electron chi connectivity index (χ2n) is 5.57. The highest BCUT2D eigenvalue weighted by atomic mass is 15.1. The Morgan fingerprint density at radius 1 is 0.952 bits per heavy atom. The smallest absolute Gasteiger partial charge is 0.240 e. The first-order valence-corrected chi connectivity index (χ1v) is 7.41. The van der Waals surface area contributed by atoms with Crippen molar-refractivity contribution < 1.29 is 4.57 Å². The maximum Gasteiger partial charge on any atom is 0.243 e. The van der Waals surface area contributed by atoms with Crippen LogP contribution in [0.5, 0.6) is 0 Å². The van der Waals surface area contributed by atoms with Crippen LogP contribution in [0.3, 0.4) is 0 Å². The van der Waals surface area contributed by atoms with Gasteiger partial charge in [-0.2, -0.15) is 0 Å². The minimum Gasteiger partial charge on any atom is -0.240 e. The van der Waals surface area contributed by atoms with E-state index < -0.39 is 0 Å². The van der Waals surface area contributed by atoms with Crippen LogP contribution < -0.4 is 4.57 Å². The molecule has 0 aliphatic heterocycles. The molecule has 0 aliphatic rings. The van der Waals surface area contributed by atoms with E-state index in [-0.39, 0.29) is 0 Å². The van der Waals surface area contributed by atoms with E-state index in [1.807, 2.05) is 0 Å². The second kappa shape index (κ2) is 6.40. The van der Waals surface area contributed by atoms with E-state index in [0.717, 1.165) is 13.0 Å². The highest BCUT2D eigenvalue weighted by molar-refractivity contribution is 5.24. The van der Waals surface area contributed by atoms with Crippen molar-refractivity contribution in [1.82, 2.24) is 4.57 Å². The molecule has 0 spiro atoms. The molecule has 3 rings (SSSR count). The van der Waals surface area contributed by atoms with Gasteiger partial charge in [-0.25, -0.2) is 9.13 Å². The van der Waals surface area contributed by atoms with Crippen molar-refractivity contribution in [1.29, 1.82) is 0 Å². The number of aromatic nitrogens is 2. The minimum atomic E-state index is 0.487. The molecule has 0 amide bonds. The lowest BCUT2D eigenvalue weighted by molar-refractivity contribution is -0.671. The predicted octanol–water partition coefficient (Wildman–Crippen LogP) is 3.34. The molecule has 0 aliphatic carbocycles. The van der Waals surface area contributed by atoms with Crippen LogP contribution in [0.25, 0.3) is 0 Å². The molecule has 1 aromatic heterocycles. The van der Waals surface area contributed by atoms with E-state index in [0.29, 0.717) is 5.92 Å². The maximum absolute atomic E-state index is 2.26. The Bertz CT molecular complexity index is 671. The molecule has 0 saturated heterocycles. The molecule has 21 heavy (non-hydrogen) atoms. The third-order valence-corrected chi connectivity index (χ3v) is 3.85. The van der Waals surface area contributed by atoms with Gasteiger partial charge < -0.3 is 0 Å². The van der Waals surface area contributed by atoms with Crippen molar-refractivity contribution >= 4 is 0 Å². The summed E-state index contributed by atoms with van der Waals surface area (Å²) in [4.78, 5) is 0. The van der Waals surface area contributed by atoms with Crippen LogP contribution in [0.2, 0.25) is 0 Å². The van der Waals surface area contributed by atoms with E-state index in [1.54, 1.807) is 0 Å². The number of benzene rings is 2. The molecule has 1 unspecified atom stereocenters. The van der Waals surface area contributed by atoms with Gasteiger partial charge in [-0.1, -0.05) is 60.7 Å². The second-order valence-corrected chi connectivity index (χ2v) is 5.57. The molecule has 0 saturated carbocycles. The normalized spacial score (nSPS) is 12.2. The summed E-state index contributed by atoms with van der Waals surface area (Å²) in [6.07, 6.45) is 7.43. The van der Waals surface area contributed by atoms with Crippen molar-refractivity contribution in [2.75, 3.05) is 0 Å². The van der Waals surface area contributed by atoms with Crippen LogP contribution in [0.4, 0.5) is 0 Å². The fourth-order valence-corrected chi connectivity index (χ4v) is 2.78. The molecule has 0 radical (unpaired) electrons. The highest BCUT2D eigenvalue weighted by Crippen LogP contribution is 2.22. The van der Waals surface area contributed by atoms with Crippen LogP contribution in [-0.2, 0) is 20.0 Å². The Morgan fingerprint density at radius 3 is 2.24 bits per heavy atom. The Labute approximate surface area is 126 Å². The molecule has 2 aromatic carbocycles. The summed E-state index contributed by atoms with van der Waals surface area (Å²) in [6.45, 7) is 1.000. The molecule has 1 heterocycles. The number of nitrogens with zero attached hydrogens (tertiary/aromatic N) is 2. The molecule has 2 nitrogen and oxygen atoms in total. The number of imidazole rings is 1. The predicted molar refractivity (Wildman–Crippen MR) is 84.9 cm³/mol. The van der Waals surface area contributed by atoms with E-state index in [1.165, 1.54) is 11.1 Å². The van der Waals surface area contributed by atoms with Crippen LogP contribution in [0.1, 0.15) is 17.0 Å². The summed E-state index contributed by atoms with van der Waals surface area (Å²) in [7, 11) is 2.06. The van der Waals surface area contributed by atoms with Crippen molar-refractivity contribution in [3.05, 3.63) is 90.5 Å². The zero-order valence-electron chi connectivity index (χ0n) is 12.4. The number of hydrogen-bond acceptors (Lipinski definition) is 0. The zero-order valence-corrected chi connectivity index (χ0v) is 12.4. The first-order valence-electron chi connectivity index (χ1n) is 7.41. The maximum atomic E-state index is 2.26. The van der Waals surface area contributed by atoms with E-state index in [2.05, 4.69) is 95.6 Å². The molecule has 1 atom stereocenters. The molecule has 0 N–H and O–H groups in total. The fraction of sp³-hybridized carbons (Fsp3) is 0.211. The third-order valence-electron chi connectivity index (χ3n) is 3.85. The Morgan fingerprint density at radius 2 is 1.62 bits per heavy atom. The molecule has 0 fully saturated rings. The summed E-state index contributed by atoms with van der Waals surface area (Å²) >= 11 is 0. The summed E-state index contributed by atoms with van der Waals surface area (Å²) in [5.74, 6) is 0.487. The molecule has 2 heteroatoms. The topological polar surface area (TPSA) is 8.81 Å². The molecule has 3 aromatic rings. The first-order chi connectivity index (χ1) is 10.3. The van der Waals surface area contributed by atoms with Crippen LogP contribution in [0.15, 0.2) is 79.4 Å². The third kappa shape index (κ3) is 3.60. The monoisotopic (exact) mass is 277 g/mol. The Balaban J connectivity index is 1.84. The van der Waals surface area contributed by atoms with Gasteiger partial charge in [-0.15, -0.1) is 0 Å². The lowest BCUT2D eigenvalue weighted by atomic mass is 9.92. The summed E-state index contributed by atoms with van der Waals surface area (Å²) < 4.78 is 4.35. The van der Waals surface area contributed by atoms with Crippen molar-refractivity contribution in [3.8, 4) is 0 Å².